The first-order valence-electron chi connectivity index (χ1n) is 4.91. The molecule has 0 aliphatic carbocycles. The average molecular weight is 220 g/mol. The molecule has 3 N–H and O–H groups in total. The van der Waals surface area contributed by atoms with E-state index in [1.165, 1.54) is 18.2 Å². The number of rotatable bonds is 3. The number of para-hydroxylation sites is 1. The molecule has 1 amide bonds. The number of hydrogen-bond acceptors (Lipinski definition) is 2. The molecule has 16 heavy (non-hydrogen) atoms. The fourth-order valence-corrected chi connectivity index (χ4v) is 1.23. The predicted octanol–water partition coefficient (Wildman–Crippen LogP) is 1.55. The first-order valence-corrected chi connectivity index (χ1v) is 4.91. The zero-order valence-electron chi connectivity index (χ0n) is 8.96. The number of benzene rings is 1. The van der Waals surface area contributed by atoms with Gasteiger partial charge in [-0.25, -0.2) is 4.39 Å². The van der Waals surface area contributed by atoms with Crippen LogP contribution < -0.4 is 11.1 Å². The highest BCUT2D eigenvalue weighted by molar-refractivity contribution is 5.99. The Bertz CT molecular complexity index is 437. The lowest BCUT2D eigenvalue weighted by atomic mass is 10.1. The lowest BCUT2D eigenvalue weighted by Gasteiger charge is -2.12. The van der Waals surface area contributed by atoms with Gasteiger partial charge >= 0.3 is 0 Å². The molecule has 0 radical (unpaired) electrons. The summed E-state index contributed by atoms with van der Waals surface area (Å²) < 4.78 is 13.1. The van der Waals surface area contributed by atoms with E-state index in [1.807, 2.05) is 6.92 Å². The van der Waals surface area contributed by atoms with E-state index in [0.717, 1.165) is 0 Å². The molecule has 84 valence electrons. The number of anilines is 1. The third kappa shape index (κ3) is 2.51. The zero-order chi connectivity index (χ0) is 12.1. The molecule has 0 fully saturated rings. The van der Waals surface area contributed by atoms with Crippen molar-refractivity contribution in [1.29, 1.82) is 0 Å². The van der Waals surface area contributed by atoms with Crippen LogP contribution in [0.15, 0.2) is 18.2 Å². The number of amides is 1. The van der Waals surface area contributed by atoms with Crippen molar-refractivity contribution in [3.05, 3.63) is 29.6 Å². The predicted molar refractivity (Wildman–Crippen MR) is 61.2 cm³/mol. The van der Waals surface area contributed by atoms with Crippen LogP contribution in [0.5, 0.6) is 0 Å². The van der Waals surface area contributed by atoms with Crippen molar-refractivity contribution >= 4 is 11.6 Å². The number of nitrogens with two attached hydrogens (primary N) is 1. The summed E-state index contributed by atoms with van der Waals surface area (Å²) in [5.74, 6) is 1.35. The van der Waals surface area contributed by atoms with Gasteiger partial charge in [-0.05, 0) is 18.6 Å². The number of carbonyl (C=O) groups is 1. The van der Waals surface area contributed by atoms with Crippen molar-refractivity contribution in [2.24, 2.45) is 0 Å². The van der Waals surface area contributed by atoms with E-state index in [0.29, 0.717) is 6.42 Å². The SMILES string of the molecule is C#CC(CC)NC(=O)c1cccc(F)c1N. The van der Waals surface area contributed by atoms with Crippen molar-refractivity contribution in [3.63, 3.8) is 0 Å². The molecule has 0 saturated carbocycles. The summed E-state index contributed by atoms with van der Waals surface area (Å²) >= 11 is 0. The van der Waals surface area contributed by atoms with E-state index in [4.69, 9.17) is 12.2 Å². The van der Waals surface area contributed by atoms with Crippen LogP contribution in [-0.4, -0.2) is 11.9 Å². The molecule has 3 nitrogen and oxygen atoms in total. The van der Waals surface area contributed by atoms with Crippen LogP contribution in [0, 0.1) is 18.2 Å². The standard InChI is InChI=1S/C12H13FN2O/c1-3-8(4-2)15-12(16)9-6-5-7-10(13)11(9)14/h1,5-8H,4,14H2,2H3,(H,15,16). The molecular formula is C12H13FN2O. The van der Waals surface area contributed by atoms with Crippen LogP contribution in [0.1, 0.15) is 23.7 Å². The second-order valence-corrected chi connectivity index (χ2v) is 3.30. The Hall–Kier alpha value is -2.02. The van der Waals surface area contributed by atoms with Gasteiger partial charge in [0.25, 0.3) is 5.91 Å². The topological polar surface area (TPSA) is 55.1 Å². The van der Waals surface area contributed by atoms with Crippen LogP contribution in [0.25, 0.3) is 0 Å². The van der Waals surface area contributed by atoms with Crippen molar-refractivity contribution in [2.45, 2.75) is 19.4 Å². The van der Waals surface area contributed by atoms with Gasteiger partial charge in [0.05, 0.1) is 17.3 Å². The number of nitrogen functional groups attached to an aromatic ring is 1. The molecule has 0 aliphatic rings. The lowest BCUT2D eigenvalue weighted by Crippen LogP contribution is -2.33. The second-order valence-electron chi connectivity index (χ2n) is 3.30. The summed E-state index contributed by atoms with van der Waals surface area (Å²) in [6.07, 6.45) is 5.82. The highest BCUT2D eigenvalue weighted by Crippen LogP contribution is 2.15. The fourth-order valence-electron chi connectivity index (χ4n) is 1.23. The fraction of sp³-hybridized carbons (Fsp3) is 0.250. The van der Waals surface area contributed by atoms with Crippen LogP contribution >= 0.6 is 0 Å². The van der Waals surface area contributed by atoms with Gasteiger partial charge in [-0.1, -0.05) is 18.9 Å². The molecule has 1 rings (SSSR count). The van der Waals surface area contributed by atoms with Crippen LogP contribution in [0.3, 0.4) is 0 Å². The second kappa shape index (κ2) is 5.17. The smallest absolute Gasteiger partial charge is 0.254 e. The number of terminal acetylenes is 1. The van der Waals surface area contributed by atoms with Crippen molar-refractivity contribution in [1.82, 2.24) is 5.32 Å². The molecule has 0 saturated heterocycles. The van der Waals surface area contributed by atoms with Gasteiger partial charge in [-0.2, -0.15) is 0 Å². The number of halogens is 1. The van der Waals surface area contributed by atoms with Gasteiger partial charge in [-0.3, -0.25) is 4.79 Å². The van der Waals surface area contributed by atoms with Crippen molar-refractivity contribution in [3.8, 4) is 12.3 Å². The molecule has 0 heterocycles. The summed E-state index contributed by atoms with van der Waals surface area (Å²) in [6.45, 7) is 1.85. The molecule has 4 heteroatoms. The summed E-state index contributed by atoms with van der Waals surface area (Å²) in [5.41, 5.74) is 5.40. The van der Waals surface area contributed by atoms with Gasteiger partial charge < -0.3 is 11.1 Å². The van der Waals surface area contributed by atoms with Crippen LogP contribution in [0.4, 0.5) is 10.1 Å². The lowest BCUT2D eigenvalue weighted by molar-refractivity contribution is 0.0945. The maximum absolute atomic E-state index is 13.1. The Kier molecular flexibility index (Phi) is 3.90. The number of nitrogens with one attached hydrogen (secondary N) is 1. The number of hydrogen-bond donors (Lipinski definition) is 2. The van der Waals surface area contributed by atoms with Gasteiger partial charge in [0.2, 0.25) is 0 Å². The summed E-state index contributed by atoms with van der Waals surface area (Å²) in [4.78, 5) is 11.7. The molecule has 0 spiro atoms. The third-order valence-corrected chi connectivity index (χ3v) is 2.21. The summed E-state index contributed by atoms with van der Waals surface area (Å²) in [5, 5.41) is 2.58. The largest absolute Gasteiger partial charge is 0.396 e. The van der Waals surface area contributed by atoms with Crippen LogP contribution in [0.2, 0.25) is 0 Å². The Morgan fingerprint density at radius 1 is 1.69 bits per heavy atom. The van der Waals surface area contributed by atoms with Crippen molar-refractivity contribution < 1.29 is 9.18 Å². The Labute approximate surface area is 93.8 Å². The minimum absolute atomic E-state index is 0.105. The highest BCUT2D eigenvalue weighted by Gasteiger charge is 2.14. The van der Waals surface area contributed by atoms with E-state index in [9.17, 15) is 9.18 Å². The van der Waals surface area contributed by atoms with Crippen LogP contribution in [-0.2, 0) is 0 Å². The van der Waals surface area contributed by atoms with Gasteiger partial charge in [0.1, 0.15) is 5.82 Å². The minimum atomic E-state index is -0.610. The van der Waals surface area contributed by atoms with Gasteiger partial charge in [0.15, 0.2) is 0 Å². The Balaban J connectivity index is 2.90. The molecule has 1 aromatic rings. The highest BCUT2D eigenvalue weighted by atomic mass is 19.1. The van der Waals surface area contributed by atoms with E-state index >= 15 is 0 Å². The molecular weight excluding hydrogens is 207 g/mol. The first-order chi connectivity index (χ1) is 7.60. The maximum atomic E-state index is 13.1. The normalized spacial score (nSPS) is 11.6. The first kappa shape index (κ1) is 12.1. The monoisotopic (exact) mass is 220 g/mol. The number of carbonyl (C=O) groups excluding carboxylic acids is 1. The van der Waals surface area contributed by atoms with E-state index < -0.39 is 11.7 Å². The third-order valence-electron chi connectivity index (χ3n) is 2.21. The van der Waals surface area contributed by atoms with Crippen molar-refractivity contribution in [2.75, 3.05) is 5.73 Å². The molecule has 0 bridgehead atoms. The molecule has 1 aromatic carbocycles. The maximum Gasteiger partial charge on any atom is 0.254 e. The van der Waals surface area contributed by atoms with Gasteiger partial charge in [0, 0.05) is 0 Å². The minimum Gasteiger partial charge on any atom is -0.396 e. The quantitative estimate of drug-likeness (QED) is 0.599. The Morgan fingerprint density at radius 3 is 2.94 bits per heavy atom. The van der Waals surface area contributed by atoms with E-state index in [1.54, 1.807) is 0 Å². The van der Waals surface area contributed by atoms with E-state index in [-0.39, 0.29) is 17.3 Å². The molecule has 1 unspecified atom stereocenters. The van der Waals surface area contributed by atoms with Gasteiger partial charge in [-0.15, -0.1) is 6.42 Å². The Morgan fingerprint density at radius 2 is 2.38 bits per heavy atom. The molecule has 0 aromatic heterocycles. The molecule has 1 atom stereocenters. The average Bonchev–Trinajstić information content (AvgIpc) is 2.29. The zero-order valence-corrected chi connectivity index (χ0v) is 8.96. The summed E-state index contributed by atoms with van der Waals surface area (Å²) in [6, 6.07) is 3.72. The van der Waals surface area contributed by atoms with E-state index in [2.05, 4.69) is 11.2 Å². The molecule has 0 aliphatic heterocycles. The summed E-state index contributed by atoms with van der Waals surface area (Å²) in [7, 11) is 0.